The number of hydrogen-bond acceptors (Lipinski definition) is 6. The molecule has 2 aromatic carbocycles. The van der Waals surface area contributed by atoms with E-state index in [-0.39, 0.29) is 5.75 Å². The second-order valence-electron chi connectivity index (χ2n) is 5.59. The predicted octanol–water partition coefficient (Wildman–Crippen LogP) is 3.74. The molecule has 0 spiro atoms. The Labute approximate surface area is 159 Å². The molecule has 142 valence electrons. The van der Waals surface area contributed by atoms with Gasteiger partial charge in [-0.2, -0.15) is 8.78 Å². The molecule has 0 fully saturated rings. The first-order valence-corrected chi connectivity index (χ1v) is 9.09. The van der Waals surface area contributed by atoms with Crippen LogP contribution in [0.3, 0.4) is 0 Å². The van der Waals surface area contributed by atoms with Crippen LogP contribution < -0.4 is 15.3 Å². The molecule has 6 nitrogen and oxygen atoms in total. The van der Waals surface area contributed by atoms with Crippen LogP contribution in [0.4, 0.5) is 8.78 Å². The van der Waals surface area contributed by atoms with Crippen molar-refractivity contribution in [3.63, 3.8) is 0 Å². The van der Waals surface area contributed by atoms with Crippen LogP contribution in [0.2, 0.25) is 0 Å². The van der Waals surface area contributed by atoms with Crippen molar-refractivity contribution in [3.8, 4) is 22.9 Å². The molecule has 27 heavy (non-hydrogen) atoms. The molecule has 0 bridgehead atoms. The quantitative estimate of drug-likeness (QED) is 0.358. The number of halogens is 2. The average molecular weight is 392 g/mol. The molecule has 3 rings (SSSR count). The molecule has 0 aliphatic rings. The van der Waals surface area contributed by atoms with Crippen molar-refractivity contribution in [1.82, 2.24) is 14.9 Å². The number of alkyl halides is 2. The van der Waals surface area contributed by atoms with Crippen LogP contribution in [-0.4, -0.2) is 33.8 Å². The van der Waals surface area contributed by atoms with E-state index in [4.69, 9.17) is 10.6 Å². The van der Waals surface area contributed by atoms with Crippen molar-refractivity contribution in [2.45, 2.75) is 18.7 Å². The lowest BCUT2D eigenvalue weighted by molar-refractivity contribution is -0.0498. The third-order valence-electron chi connectivity index (χ3n) is 3.61. The van der Waals surface area contributed by atoms with E-state index in [0.29, 0.717) is 28.9 Å². The number of ether oxygens (including phenoxy) is 2. The summed E-state index contributed by atoms with van der Waals surface area (Å²) in [7, 11) is 0. The zero-order valence-corrected chi connectivity index (χ0v) is 15.3. The Hall–Kier alpha value is -2.81. The van der Waals surface area contributed by atoms with E-state index in [2.05, 4.69) is 14.9 Å². The first-order chi connectivity index (χ1) is 13.0. The third-order valence-corrected chi connectivity index (χ3v) is 4.51. The molecule has 0 aliphatic heterocycles. The fourth-order valence-corrected chi connectivity index (χ4v) is 2.96. The lowest BCUT2D eigenvalue weighted by Gasteiger charge is -2.07. The van der Waals surface area contributed by atoms with Crippen LogP contribution in [0.15, 0.2) is 53.7 Å². The summed E-state index contributed by atoms with van der Waals surface area (Å²) in [6.07, 6.45) is 0. The minimum Gasteiger partial charge on any atom is -0.493 e. The number of nitrogen functional groups attached to an aromatic ring is 1. The third kappa shape index (κ3) is 5.10. The fraction of sp³-hybridized carbons (Fsp3) is 0.222. The average Bonchev–Trinajstić information content (AvgIpc) is 3.01. The fourth-order valence-electron chi connectivity index (χ4n) is 2.28. The lowest BCUT2D eigenvalue weighted by Crippen LogP contribution is -2.12. The summed E-state index contributed by atoms with van der Waals surface area (Å²) in [5.41, 5.74) is 1.82. The van der Waals surface area contributed by atoms with Gasteiger partial charge in [-0.05, 0) is 43.3 Å². The minimum atomic E-state index is -2.86. The SMILES string of the molecule is Cc1ccc(OCCSc2nnc(-c3ccc(OC(F)F)cc3)n2N)cc1. The smallest absolute Gasteiger partial charge is 0.387 e. The highest BCUT2D eigenvalue weighted by atomic mass is 32.2. The number of aryl methyl sites for hydroxylation is 1. The summed E-state index contributed by atoms with van der Waals surface area (Å²) in [4.78, 5) is 0. The van der Waals surface area contributed by atoms with Crippen molar-refractivity contribution in [2.75, 3.05) is 18.2 Å². The maximum atomic E-state index is 12.2. The van der Waals surface area contributed by atoms with E-state index in [0.717, 1.165) is 5.75 Å². The van der Waals surface area contributed by atoms with Gasteiger partial charge in [0.15, 0.2) is 5.82 Å². The van der Waals surface area contributed by atoms with Gasteiger partial charge in [0.05, 0.1) is 6.61 Å². The van der Waals surface area contributed by atoms with Crippen molar-refractivity contribution < 1.29 is 18.3 Å². The summed E-state index contributed by atoms with van der Waals surface area (Å²) in [5.74, 6) is 7.99. The molecule has 0 atom stereocenters. The van der Waals surface area contributed by atoms with Gasteiger partial charge in [0.1, 0.15) is 11.5 Å². The molecule has 0 saturated heterocycles. The van der Waals surface area contributed by atoms with E-state index in [9.17, 15) is 8.78 Å². The van der Waals surface area contributed by atoms with Crippen LogP contribution in [0, 0.1) is 6.92 Å². The molecule has 1 aromatic heterocycles. The van der Waals surface area contributed by atoms with Crippen LogP contribution in [0.5, 0.6) is 11.5 Å². The topological polar surface area (TPSA) is 75.2 Å². The van der Waals surface area contributed by atoms with Crippen LogP contribution in [-0.2, 0) is 0 Å². The summed E-state index contributed by atoms with van der Waals surface area (Å²) in [6.45, 7) is -0.348. The van der Waals surface area contributed by atoms with E-state index < -0.39 is 6.61 Å². The van der Waals surface area contributed by atoms with E-state index in [1.54, 1.807) is 12.1 Å². The number of rotatable bonds is 8. The maximum absolute atomic E-state index is 12.2. The number of aromatic nitrogens is 3. The number of hydrogen-bond donors (Lipinski definition) is 1. The van der Waals surface area contributed by atoms with Gasteiger partial charge >= 0.3 is 6.61 Å². The monoisotopic (exact) mass is 392 g/mol. The predicted molar refractivity (Wildman–Crippen MR) is 99.6 cm³/mol. The number of benzene rings is 2. The standard InChI is InChI=1S/C18H18F2N4O2S/c1-12-2-6-14(7-3-12)25-10-11-27-18-23-22-16(24(18)21)13-4-8-15(9-5-13)26-17(19)20/h2-9,17H,10-11,21H2,1H3. The van der Waals surface area contributed by atoms with Gasteiger partial charge in [0.2, 0.25) is 5.16 Å². The molecule has 0 unspecified atom stereocenters. The summed E-state index contributed by atoms with van der Waals surface area (Å²) >= 11 is 1.41. The van der Waals surface area contributed by atoms with Crippen molar-refractivity contribution in [2.24, 2.45) is 0 Å². The highest BCUT2D eigenvalue weighted by Gasteiger charge is 2.13. The molecule has 0 saturated carbocycles. The Bertz CT molecular complexity index is 870. The van der Waals surface area contributed by atoms with Gasteiger partial charge in [-0.3, -0.25) is 0 Å². The summed E-state index contributed by atoms with van der Waals surface area (Å²) in [5, 5.41) is 8.66. The second kappa shape index (κ2) is 8.72. The summed E-state index contributed by atoms with van der Waals surface area (Å²) < 4.78 is 35.8. The lowest BCUT2D eigenvalue weighted by atomic mass is 10.2. The number of nitrogens with two attached hydrogens (primary N) is 1. The van der Waals surface area contributed by atoms with E-state index >= 15 is 0 Å². The number of thioether (sulfide) groups is 1. The molecular formula is C18H18F2N4O2S. The first kappa shape index (κ1) is 19.0. The zero-order chi connectivity index (χ0) is 19.2. The zero-order valence-electron chi connectivity index (χ0n) is 14.5. The van der Waals surface area contributed by atoms with Crippen LogP contribution in [0.1, 0.15) is 5.56 Å². The Morgan fingerprint density at radius 1 is 1.04 bits per heavy atom. The molecule has 0 aliphatic carbocycles. The Morgan fingerprint density at radius 2 is 1.70 bits per heavy atom. The van der Waals surface area contributed by atoms with Crippen LogP contribution >= 0.6 is 11.8 Å². The molecule has 1 heterocycles. The van der Waals surface area contributed by atoms with Gasteiger partial charge in [0, 0.05) is 11.3 Å². The Kier molecular flexibility index (Phi) is 6.12. The Balaban J connectivity index is 1.56. The molecule has 0 radical (unpaired) electrons. The van der Waals surface area contributed by atoms with Gasteiger partial charge in [0.25, 0.3) is 0 Å². The highest BCUT2D eigenvalue weighted by Crippen LogP contribution is 2.24. The van der Waals surface area contributed by atoms with Gasteiger partial charge < -0.3 is 15.3 Å². The molecular weight excluding hydrogens is 374 g/mol. The first-order valence-electron chi connectivity index (χ1n) is 8.11. The van der Waals surface area contributed by atoms with Gasteiger partial charge in [-0.25, -0.2) is 4.68 Å². The van der Waals surface area contributed by atoms with Gasteiger partial charge in [-0.15, -0.1) is 10.2 Å². The van der Waals surface area contributed by atoms with Crippen molar-refractivity contribution >= 4 is 11.8 Å². The van der Waals surface area contributed by atoms with E-state index in [1.165, 1.54) is 34.1 Å². The normalized spacial score (nSPS) is 11.0. The van der Waals surface area contributed by atoms with Crippen LogP contribution in [0.25, 0.3) is 11.4 Å². The van der Waals surface area contributed by atoms with E-state index in [1.807, 2.05) is 31.2 Å². The maximum Gasteiger partial charge on any atom is 0.387 e. The van der Waals surface area contributed by atoms with Crippen molar-refractivity contribution in [1.29, 1.82) is 0 Å². The molecule has 3 aromatic rings. The van der Waals surface area contributed by atoms with Gasteiger partial charge in [-0.1, -0.05) is 29.5 Å². The summed E-state index contributed by atoms with van der Waals surface area (Å²) in [6, 6.07) is 13.9. The second-order valence-corrected chi connectivity index (χ2v) is 6.65. The Morgan fingerprint density at radius 3 is 2.37 bits per heavy atom. The van der Waals surface area contributed by atoms with Crippen molar-refractivity contribution in [3.05, 3.63) is 54.1 Å². The highest BCUT2D eigenvalue weighted by molar-refractivity contribution is 7.99. The largest absolute Gasteiger partial charge is 0.493 e. The minimum absolute atomic E-state index is 0.0692. The number of nitrogens with zero attached hydrogens (tertiary/aromatic N) is 3. The molecule has 0 amide bonds. The molecule has 2 N–H and O–H groups in total. The molecule has 9 heteroatoms.